The van der Waals surface area contributed by atoms with Crippen LogP contribution in [0.4, 0.5) is 5.69 Å². The second-order valence-electron chi connectivity index (χ2n) is 6.57. The number of piperazine rings is 1. The fraction of sp³-hybridized carbons (Fsp3) is 0.190. The summed E-state index contributed by atoms with van der Waals surface area (Å²) in [6.07, 6.45) is 0. The van der Waals surface area contributed by atoms with Gasteiger partial charge in [0.25, 0.3) is 11.5 Å². The standard InChI is InChI=1S/C21H20N4O3/c26-19-9-5-4-8-18(19)23-12-14-24(15-13-23)21(28)17-10-11-20(27)25(22-17)16-6-2-1-3-7-16/h1-11,26H,12-15H2. The van der Waals surface area contributed by atoms with Crippen LogP contribution in [0.25, 0.3) is 5.69 Å². The van der Waals surface area contributed by atoms with E-state index in [2.05, 4.69) is 10.00 Å². The Kier molecular flexibility index (Phi) is 4.80. The van der Waals surface area contributed by atoms with Gasteiger partial charge in [-0.1, -0.05) is 30.3 Å². The van der Waals surface area contributed by atoms with Gasteiger partial charge in [0, 0.05) is 32.2 Å². The second-order valence-corrected chi connectivity index (χ2v) is 6.57. The van der Waals surface area contributed by atoms with E-state index in [1.165, 1.54) is 16.8 Å². The molecule has 1 saturated heterocycles. The van der Waals surface area contributed by atoms with Crippen molar-refractivity contribution in [3.05, 3.63) is 82.8 Å². The highest BCUT2D eigenvalue weighted by Gasteiger charge is 2.24. The summed E-state index contributed by atoms with van der Waals surface area (Å²) < 4.78 is 1.24. The molecule has 1 amide bonds. The third-order valence-corrected chi connectivity index (χ3v) is 4.81. The molecule has 0 unspecified atom stereocenters. The van der Waals surface area contributed by atoms with Crippen LogP contribution in [-0.4, -0.2) is 51.9 Å². The lowest BCUT2D eigenvalue weighted by atomic mass is 10.2. The van der Waals surface area contributed by atoms with Crippen molar-refractivity contribution in [2.45, 2.75) is 0 Å². The summed E-state index contributed by atoms with van der Waals surface area (Å²) in [4.78, 5) is 28.8. The number of hydrogen-bond acceptors (Lipinski definition) is 5. The number of aromatic nitrogens is 2. The number of nitrogens with zero attached hydrogens (tertiary/aromatic N) is 4. The summed E-state index contributed by atoms with van der Waals surface area (Å²) in [6.45, 7) is 2.25. The first kappa shape index (κ1) is 17.8. The molecule has 28 heavy (non-hydrogen) atoms. The molecule has 0 aliphatic carbocycles. The summed E-state index contributed by atoms with van der Waals surface area (Å²) in [5.74, 6) is 0.0282. The number of phenolic OH excluding ortho intramolecular Hbond substituents is 1. The van der Waals surface area contributed by atoms with Crippen molar-refractivity contribution in [2.75, 3.05) is 31.1 Å². The molecule has 0 bridgehead atoms. The first-order chi connectivity index (χ1) is 13.6. The maximum atomic E-state index is 12.9. The topological polar surface area (TPSA) is 78.7 Å². The molecule has 1 aromatic heterocycles. The highest BCUT2D eigenvalue weighted by Crippen LogP contribution is 2.27. The molecule has 2 heterocycles. The number of anilines is 1. The molecule has 0 saturated carbocycles. The third kappa shape index (κ3) is 3.46. The van der Waals surface area contributed by atoms with Crippen molar-refractivity contribution in [1.29, 1.82) is 0 Å². The van der Waals surface area contributed by atoms with Gasteiger partial charge in [-0.15, -0.1) is 0 Å². The molecule has 1 fully saturated rings. The fourth-order valence-corrected chi connectivity index (χ4v) is 3.32. The van der Waals surface area contributed by atoms with E-state index >= 15 is 0 Å². The molecule has 1 aliphatic heterocycles. The minimum absolute atomic E-state index is 0.207. The zero-order valence-corrected chi connectivity index (χ0v) is 15.2. The molecule has 0 radical (unpaired) electrons. The zero-order chi connectivity index (χ0) is 19.5. The minimum Gasteiger partial charge on any atom is -0.506 e. The fourth-order valence-electron chi connectivity index (χ4n) is 3.32. The van der Waals surface area contributed by atoms with Gasteiger partial charge in [0.05, 0.1) is 11.4 Å². The van der Waals surface area contributed by atoms with E-state index in [4.69, 9.17) is 0 Å². The lowest BCUT2D eigenvalue weighted by molar-refractivity contribution is 0.0738. The molecule has 1 aliphatic rings. The van der Waals surface area contributed by atoms with E-state index in [1.54, 1.807) is 29.2 Å². The number of para-hydroxylation sites is 3. The lowest BCUT2D eigenvalue weighted by Gasteiger charge is -2.36. The maximum Gasteiger partial charge on any atom is 0.274 e. The Balaban J connectivity index is 1.50. The molecular weight excluding hydrogens is 356 g/mol. The molecule has 1 N–H and O–H groups in total. The van der Waals surface area contributed by atoms with Gasteiger partial charge in [-0.25, -0.2) is 0 Å². The second kappa shape index (κ2) is 7.56. The quantitative estimate of drug-likeness (QED) is 0.755. The predicted molar refractivity (Wildman–Crippen MR) is 106 cm³/mol. The molecule has 142 valence electrons. The van der Waals surface area contributed by atoms with Crippen molar-refractivity contribution in [3.8, 4) is 11.4 Å². The van der Waals surface area contributed by atoms with Crippen LogP contribution >= 0.6 is 0 Å². The van der Waals surface area contributed by atoms with Gasteiger partial charge in [0.15, 0.2) is 0 Å². The number of aromatic hydroxyl groups is 1. The van der Waals surface area contributed by atoms with E-state index in [1.807, 2.05) is 30.3 Å². The summed E-state index contributed by atoms with van der Waals surface area (Å²) in [7, 11) is 0. The third-order valence-electron chi connectivity index (χ3n) is 4.81. The Morgan fingerprint density at radius 3 is 2.25 bits per heavy atom. The van der Waals surface area contributed by atoms with Crippen molar-refractivity contribution >= 4 is 11.6 Å². The number of carbonyl (C=O) groups excluding carboxylic acids is 1. The Bertz CT molecular complexity index is 1040. The van der Waals surface area contributed by atoms with Gasteiger partial charge >= 0.3 is 0 Å². The number of phenols is 1. The number of carbonyl (C=O) groups is 1. The van der Waals surface area contributed by atoms with E-state index < -0.39 is 0 Å². The molecule has 7 heteroatoms. The first-order valence-corrected chi connectivity index (χ1v) is 9.11. The van der Waals surface area contributed by atoms with Crippen LogP contribution in [0.5, 0.6) is 5.75 Å². The van der Waals surface area contributed by atoms with Gasteiger partial charge in [-0.2, -0.15) is 9.78 Å². The molecule has 4 rings (SSSR count). The molecule has 0 spiro atoms. The normalized spacial score (nSPS) is 14.1. The molecule has 0 atom stereocenters. The van der Waals surface area contributed by atoms with Crippen LogP contribution < -0.4 is 10.5 Å². The molecule has 7 nitrogen and oxygen atoms in total. The van der Waals surface area contributed by atoms with E-state index in [0.29, 0.717) is 31.9 Å². The Morgan fingerprint density at radius 2 is 1.54 bits per heavy atom. The van der Waals surface area contributed by atoms with Gasteiger partial charge in [0.2, 0.25) is 0 Å². The number of rotatable bonds is 3. The largest absolute Gasteiger partial charge is 0.506 e. The van der Waals surface area contributed by atoms with Crippen molar-refractivity contribution < 1.29 is 9.90 Å². The summed E-state index contributed by atoms with van der Waals surface area (Å²) in [6, 6.07) is 19.1. The Labute approximate surface area is 162 Å². The van der Waals surface area contributed by atoms with E-state index in [-0.39, 0.29) is 22.9 Å². The average molecular weight is 376 g/mol. The average Bonchev–Trinajstić information content (AvgIpc) is 2.75. The van der Waals surface area contributed by atoms with Crippen LogP contribution in [0.15, 0.2) is 71.5 Å². The van der Waals surface area contributed by atoms with Crippen molar-refractivity contribution in [3.63, 3.8) is 0 Å². The Hall–Kier alpha value is -3.61. The maximum absolute atomic E-state index is 12.9. The minimum atomic E-state index is -0.285. The summed E-state index contributed by atoms with van der Waals surface area (Å²) in [5, 5.41) is 14.3. The summed E-state index contributed by atoms with van der Waals surface area (Å²) in [5.41, 5.74) is 1.34. The van der Waals surface area contributed by atoms with Crippen LogP contribution in [0.2, 0.25) is 0 Å². The van der Waals surface area contributed by atoms with Crippen molar-refractivity contribution in [1.82, 2.24) is 14.7 Å². The van der Waals surface area contributed by atoms with Gasteiger partial charge in [-0.05, 0) is 30.3 Å². The SMILES string of the molecule is O=C(c1ccc(=O)n(-c2ccccc2)n1)N1CCN(c2ccccc2O)CC1. The van der Waals surface area contributed by atoms with Crippen LogP contribution in [0, 0.1) is 0 Å². The summed E-state index contributed by atoms with van der Waals surface area (Å²) >= 11 is 0. The predicted octanol–water partition coefficient (Wildman–Crippen LogP) is 1.90. The number of amides is 1. The monoisotopic (exact) mass is 376 g/mol. The van der Waals surface area contributed by atoms with E-state index in [9.17, 15) is 14.7 Å². The van der Waals surface area contributed by atoms with Gasteiger partial charge < -0.3 is 14.9 Å². The lowest BCUT2D eigenvalue weighted by Crippen LogP contribution is -2.49. The molecular formula is C21H20N4O3. The van der Waals surface area contributed by atoms with Gasteiger partial charge in [-0.3, -0.25) is 9.59 Å². The zero-order valence-electron chi connectivity index (χ0n) is 15.2. The Morgan fingerprint density at radius 1 is 0.857 bits per heavy atom. The smallest absolute Gasteiger partial charge is 0.274 e. The molecule has 2 aromatic carbocycles. The highest BCUT2D eigenvalue weighted by atomic mass is 16.3. The molecule has 3 aromatic rings. The van der Waals surface area contributed by atoms with E-state index in [0.717, 1.165) is 5.69 Å². The number of benzene rings is 2. The van der Waals surface area contributed by atoms with Crippen LogP contribution in [-0.2, 0) is 0 Å². The van der Waals surface area contributed by atoms with Gasteiger partial charge in [0.1, 0.15) is 11.4 Å². The van der Waals surface area contributed by atoms with Crippen LogP contribution in [0.1, 0.15) is 10.5 Å². The van der Waals surface area contributed by atoms with Crippen LogP contribution in [0.3, 0.4) is 0 Å². The first-order valence-electron chi connectivity index (χ1n) is 9.11. The number of hydrogen-bond donors (Lipinski definition) is 1. The highest BCUT2D eigenvalue weighted by molar-refractivity contribution is 5.92. The van der Waals surface area contributed by atoms with Crippen molar-refractivity contribution in [2.24, 2.45) is 0 Å².